The Labute approximate surface area is 175 Å². The summed E-state index contributed by atoms with van der Waals surface area (Å²) < 4.78 is 0. The first-order chi connectivity index (χ1) is 14.3. The summed E-state index contributed by atoms with van der Waals surface area (Å²) in [6.07, 6.45) is 4.88. The number of nitrogens with zero attached hydrogens (tertiary/aromatic N) is 2. The number of para-hydroxylation sites is 1. The molecule has 0 atom stereocenters. The Bertz CT molecular complexity index is 866. The molecule has 1 heterocycles. The molecule has 1 aliphatic carbocycles. The molecule has 1 saturated heterocycles. The molecule has 1 aliphatic heterocycles. The Morgan fingerprint density at radius 3 is 2.23 bits per heavy atom. The summed E-state index contributed by atoms with van der Waals surface area (Å²) in [5.41, 5.74) is 3.66. The summed E-state index contributed by atoms with van der Waals surface area (Å²) in [6, 6.07) is 10.4. The quantitative estimate of drug-likeness (QED) is 0.691. The van der Waals surface area contributed by atoms with Gasteiger partial charge in [0.25, 0.3) is 0 Å². The minimum absolute atomic E-state index is 0.174. The Hall–Kier alpha value is -3.21. The van der Waals surface area contributed by atoms with Gasteiger partial charge in [0.15, 0.2) is 0 Å². The first-order valence-electron chi connectivity index (χ1n) is 10.1. The third kappa shape index (κ3) is 4.35. The van der Waals surface area contributed by atoms with E-state index >= 15 is 0 Å². The number of hydrogen-bond acceptors (Lipinski definition) is 5. The molecule has 1 aromatic rings. The SMILES string of the molecule is N#CC1(NC(=O)[CH]CC2(C(N)=O)CCCCC2)CC(=O)N(c2ccccc2)C(=O)C1. The number of nitrogens with two attached hydrogens (primary N) is 1. The highest BCUT2D eigenvalue weighted by atomic mass is 16.2. The van der Waals surface area contributed by atoms with E-state index in [1.54, 1.807) is 30.3 Å². The van der Waals surface area contributed by atoms with Crippen LogP contribution in [0, 0.1) is 23.2 Å². The fourth-order valence-electron chi connectivity index (χ4n) is 4.29. The lowest BCUT2D eigenvalue weighted by Crippen LogP contribution is -2.59. The molecule has 1 saturated carbocycles. The van der Waals surface area contributed by atoms with E-state index in [0.29, 0.717) is 18.5 Å². The van der Waals surface area contributed by atoms with Gasteiger partial charge in [-0.05, 0) is 31.4 Å². The smallest absolute Gasteiger partial charge is 0.237 e. The van der Waals surface area contributed by atoms with Crippen molar-refractivity contribution < 1.29 is 19.2 Å². The molecule has 1 aromatic carbocycles. The summed E-state index contributed by atoms with van der Waals surface area (Å²) in [7, 11) is 0. The largest absolute Gasteiger partial charge is 0.369 e. The van der Waals surface area contributed by atoms with Gasteiger partial charge in [-0.15, -0.1) is 0 Å². The van der Waals surface area contributed by atoms with Crippen LogP contribution in [-0.2, 0) is 19.2 Å². The molecule has 30 heavy (non-hydrogen) atoms. The molecule has 0 unspecified atom stereocenters. The number of primary amides is 1. The number of imide groups is 1. The lowest BCUT2D eigenvalue weighted by molar-refractivity contribution is -0.131. The van der Waals surface area contributed by atoms with E-state index in [4.69, 9.17) is 5.73 Å². The second kappa shape index (κ2) is 8.66. The lowest BCUT2D eigenvalue weighted by Gasteiger charge is -2.36. The van der Waals surface area contributed by atoms with Gasteiger partial charge in [0, 0.05) is 5.41 Å². The van der Waals surface area contributed by atoms with Crippen molar-refractivity contribution in [3.63, 3.8) is 0 Å². The Balaban J connectivity index is 1.67. The van der Waals surface area contributed by atoms with Crippen LogP contribution in [0.2, 0.25) is 0 Å². The van der Waals surface area contributed by atoms with E-state index in [1.165, 1.54) is 6.42 Å². The number of nitrogens with one attached hydrogen (secondary N) is 1. The van der Waals surface area contributed by atoms with E-state index < -0.39 is 34.6 Å². The maximum Gasteiger partial charge on any atom is 0.237 e. The van der Waals surface area contributed by atoms with E-state index in [0.717, 1.165) is 24.2 Å². The molecule has 8 heteroatoms. The first-order valence-corrected chi connectivity index (χ1v) is 10.1. The molecule has 4 amide bonds. The van der Waals surface area contributed by atoms with Crippen LogP contribution in [0.15, 0.2) is 30.3 Å². The summed E-state index contributed by atoms with van der Waals surface area (Å²) in [5, 5.41) is 12.2. The molecule has 3 rings (SSSR count). The number of rotatable bonds is 6. The van der Waals surface area contributed by atoms with Gasteiger partial charge in [0.1, 0.15) is 5.54 Å². The van der Waals surface area contributed by atoms with Crippen LogP contribution in [0.25, 0.3) is 0 Å². The predicted molar refractivity (Wildman–Crippen MR) is 108 cm³/mol. The van der Waals surface area contributed by atoms with Crippen molar-refractivity contribution in [2.24, 2.45) is 11.1 Å². The molecule has 0 spiro atoms. The van der Waals surface area contributed by atoms with Crippen LogP contribution in [0.5, 0.6) is 0 Å². The van der Waals surface area contributed by atoms with Crippen LogP contribution in [0.3, 0.4) is 0 Å². The normalized spacial score (nSPS) is 20.3. The maximum absolute atomic E-state index is 12.6. The van der Waals surface area contributed by atoms with Gasteiger partial charge >= 0.3 is 0 Å². The number of anilines is 1. The van der Waals surface area contributed by atoms with Crippen molar-refractivity contribution >= 4 is 29.3 Å². The van der Waals surface area contributed by atoms with Crippen molar-refractivity contribution in [3.8, 4) is 6.07 Å². The van der Waals surface area contributed by atoms with Crippen LogP contribution in [0.4, 0.5) is 5.69 Å². The predicted octanol–water partition coefficient (Wildman–Crippen LogP) is 1.75. The van der Waals surface area contributed by atoms with Gasteiger partial charge < -0.3 is 11.1 Å². The fraction of sp³-hybridized carbons (Fsp3) is 0.455. The third-order valence-corrected chi connectivity index (χ3v) is 6.01. The van der Waals surface area contributed by atoms with Gasteiger partial charge in [-0.3, -0.25) is 24.1 Å². The summed E-state index contributed by atoms with van der Waals surface area (Å²) in [5.74, 6) is -2.13. The van der Waals surface area contributed by atoms with Gasteiger partial charge in [-0.25, -0.2) is 0 Å². The number of piperidine rings is 1. The topological polar surface area (TPSA) is 133 Å². The molecule has 2 fully saturated rings. The highest BCUT2D eigenvalue weighted by Crippen LogP contribution is 2.40. The summed E-state index contributed by atoms with van der Waals surface area (Å²) >= 11 is 0. The van der Waals surface area contributed by atoms with Crippen LogP contribution in [-0.4, -0.2) is 29.2 Å². The maximum atomic E-state index is 12.6. The molecular formula is C22H25N4O4. The summed E-state index contributed by atoms with van der Waals surface area (Å²) in [6.45, 7) is 0. The summed E-state index contributed by atoms with van der Waals surface area (Å²) in [4.78, 5) is 50.8. The van der Waals surface area contributed by atoms with Gasteiger partial charge in [-0.2, -0.15) is 5.26 Å². The van der Waals surface area contributed by atoms with E-state index in [-0.39, 0.29) is 19.3 Å². The second-order valence-electron chi connectivity index (χ2n) is 8.11. The molecule has 0 aromatic heterocycles. The van der Waals surface area contributed by atoms with Gasteiger partial charge in [0.05, 0.1) is 31.0 Å². The highest BCUT2D eigenvalue weighted by molar-refractivity contribution is 6.18. The molecule has 8 nitrogen and oxygen atoms in total. The Morgan fingerprint density at radius 2 is 1.70 bits per heavy atom. The Morgan fingerprint density at radius 1 is 1.10 bits per heavy atom. The fourth-order valence-corrected chi connectivity index (χ4v) is 4.29. The highest BCUT2D eigenvalue weighted by Gasteiger charge is 2.46. The zero-order valence-corrected chi connectivity index (χ0v) is 16.7. The average Bonchev–Trinajstić information content (AvgIpc) is 2.73. The minimum atomic E-state index is -1.61. The Kier molecular flexibility index (Phi) is 6.20. The molecular weight excluding hydrogens is 384 g/mol. The van der Waals surface area contributed by atoms with E-state index in [9.17, 15) is 24.4 Å². The standard InChI is InChI=1S/C22H25N4O4/c23-15-22(13-18(28)26(19(29)14-22)16-7-3-1-4-8-16)25-17(27)9-12-21(20(24)30)10-5-2-6-11-21/h1,3-4,7-9H,2,5-6,10-14H2,(H2,24,30)(H,25,27). The number of benzene rings is 1. The second-order valence-corrected chi connectivity index (χ2v) is 8.11. The van der Waals surface area contributed by atoms with Crippen molar-refractivity contribution in [1.29, 1.82) is 5.26 Å². The number of amides is 4. The van der Waals surface area contributed by atoms with Gasteiger partial charge in [-0.1, -0.05) is 37.5 Å². The monoisotopic (exact) mass is 409 g/mol. The molecule has 0 bridgehead atoms. The lowest BCUT2D eigenvalue weighted by atomic mass is 9.70. The molecule has 3 N–H and O–H groups in total. The van der Waals surface area contributed by atoms with Gasteiger partial charge in [0.2, 0.25) is 23.6 Å². The number of carbonyl (C=O) groups excluding carboxylic acids is 4. The number of nitriles is 1. The third-order valence-electron chi connectivity index (χ3n) is 6.01. The van der Waals surface area contributed by atoms with Crippen molar-refractivity contribution in [2.45, 2.75) is 56.9 Å². The van der Waals surface area contributed by atoms with E-state index in [2.05, 4.69) is 5.32 Å². The van der Waals surface area contributed by atoms with Crippen LogP contribution in [0.1, 0.15) is 51.4 Å². The molecule has 157 valence electrons. The number of hydrogen-bond donors (Lipinski definition) is 2. The zero-order valence-electron chi connectivity index (χ0n) is 16.7. The van der Waals surface area contributed by atoms with Crippen LogP contribution >= 0.6 is 0 Å². The number of carbonyl (C=O) groups is 4. The average molecular weight is 409 g/mol. The van der Waals surface area contributed by atoms with Crippen molar-refractivity contribution in [1.82, 2.24) is 5.32 Å². The first kappa shape index (κ1) is 21.5. The van der Waals surface area contributed by atoms with Crippen molar-refractivity contribution in [3.05, 3.63) is 36.8 Å². The van der Waals surface area contributed by atoms with E-state index in [1.807, 2.05) is 6.07 Å². The van der Waals surface area contributed by atoms with Crippen LogP contribution < -0.4 is 16.0 Å². The molecule has 1 radical (unpaired) electrons. The van der Waals surface area contributed by atoms with Crippen molar-refractivity contribution in [2.75, 3.05) is 4.90 Å². The molecule has 2 aliphatic rings. The minimum Gasteiger partial charge on any atom is -0.369 e. The zero-order chi connectivity index (χ0) is 21.8.